The molecule has 90 valence electrons. The van der Waals surface area contributed by atoms with E-state index < -0.39 is 20.9 Å². The molecule has 4 N–H and O–H groups in total. The van der Waals surface area contributed by atoms with Crippen LogP contribution >= 0.6 is 15.0 Å². The van der Waals surface area contributed by atoms with Crippen molar-refractivity contribution in [2.24, 2.45) is 0 Å². The summed E-state index contributed by atoms with van der Waals surface area (Å²) < 4.78 is 21.8. The minimum Gasteiger partial charge on any atom is -0.392 e. The number of allylic oxidation sites excluding steroid dienone is 1. The molecule has 0 spiro atoms. The predicted molar refractivity (Wildman–Crippen MR) is 57.1 cm³/mol. The van der Waals surface area contributed by atoms with Gasteiger partial charge in [0.1, 0.15) is 5.90 Å². The lowest BCUT2D eigenvalue weighted by Crippen LogP contribution is -1.95. The Morgan fingerprint density at radius 1 is 1.27 bits per heavy atom. The Hall–Kier alpha value is 0.0400. The molecule has 0 bridgehead atoms. The van der Waals surface area contributed by atoms with Gasteiger partial charge in [-0.2, -0.15) is 0 Å². The lowest BCUT2D eigenvalue weighted by molar-refractivity contribution is 0.331. The third-order valence-electron chi connectivity index (χ3n) is 1.63. The van der Waals surface area contributed by atoms with Crippen LogP contribution < -0.4 is 0 Å². The van der Waals surface area contributed by atoms with E-state index >= 15 is 0 Å². The molecule has 0 radical (unpaired) electrons. The van der Waals surface area contributed by atoms with E-state index in [0.717, 1.165) is 0 Å². The average molecular weight is 258 g/mol. The number of aliphatic hydroxyl groups is 1. The molecule has 0 aliphatic rings. The molecule has 0 amide bonds. The van der Waals surface area contributed by atoms with E-state index in [0.29, 0.717) is 5.57 Å². The van der Waals surface area contributed by atoms with Gasteiger partial charge in [-0.15, -0.1) is 0 Å². The first-order chi connectivity index (χ1) is 6.66. The van der Waals surface area contributed by atoms with Crippen LogP contribution in [0.4, 0.5) is 0 Å². The summed E-state index contributed by atoms with van der Waals surface area (Å²) in [7, 11) is -8.21. The van der Waals surface area contributed by atoms with Crippen molar-refractivity contribution in [1.82, 2.24) is 0 Å². The summed E-state index contributed by atoms with van der Waals surface area (Å²) in [4.78, 5) is 26.3. The maximum Gasteiger partial charge on any atom is 0.335 e. The van der Waals surface area contributed by atoms with E-state index in [1.165, 1.54) is 0 Å². The molecule has 1 atom stereocenters. The van der Waals surface area contributed by atoms with Crippen molar-refractivity contribution in [3.8, 4) is 0 Å². The summed E-state index contributed by atoms with van der Waals surface area (Å²) in [5.74, 6) is -0.980. The first-order valence-corrected chi connectivity index (χ1v) is 8.11. The minimum atomic E-state index is -4.44. The highest BCUT2D eigenvalue weighted by Gasteiger charge is 2.28. The van der Waals surface area contributed by atoms with E-state index in [1.54, 1.807) is 13.0 Å². The topological polar surface area (TPSA) is 115 Å². The van der Waals surface area contributed by atoms with Gasteiger partial charge in [0.25, 0.3) is 0 Å². The fourth-order valence-electron chi connectivity index (χ4n) is 0.936. The van der Waals surface area contributed by atoms with E-state index in [9.17, 15) is 14.0 Å². The second kappa shape index (κ2) is 5.94. The van der Waals surface area contributed by atoms with Crippen molar-refractivity contribution in [2.75, 3.05) is 18.7 Å². The van der Waals surface area contributed by atoms with Crippen LogP contribution in [0.2, 0.25) is 0 Å². The Morgan fingerprint density at radius 2 is 1.80 bits per heavy atom. The van der Waals surface area contributed by atoms with Crippen LogP contribution in [-0.4, -0.2) is 38.5 Å². The summed E-state index contributed by atoms with van der Waals surface area (Å²) in [6.07, 6.45) is 1.61. The van der Waals surface area contributed by atoms with Crippen molar-refractivity contribution in [2.45, 2.75) is 13.3 Å². The highest BCUT2D eigenvalue weighted by molar-refractivity contribution is 7.72. The predicted octanol–water partition coefficient (Wildman–Crippen LogP) is 0.721. The van der Waals surface area contributed by atoms with Gasteiger partial charge in [-0.1, -0.05) is 11.6 Å². The summed E-state index contributed by atoms with van der Waals surface area (Å²) in [6, 6.07) is 0. The molecular formula is C7H16O6P2. The van der Waals surface area contributed by atoms with Crippen molar-refractivity contribution >= 4 is 15.0 Å². The Kier molecular flexibility index (Phi) is 5.96. The summed E-state index contributed by atoms with van der Waals surface area (Å²) >= 11 is 0. The van der Waals surface area contributed by atoms with Crippen molar-refractivity contribution in [3.05, 3.63) is 11.6 Å². The SMILES string of the molecule is CC(=CCCP(=O)(O)CP(=O)(O)O)CO. The highest BCUT2D eigenvalue weighted by atomic mass is 31.2. The Morgan fingerprint density at radius 3 is 2.20 bits per heavy atom. The molecular weight excluding hydrogens is 242 g/mol. The zero-order valence-corrected chi connectivity index (χ0v) is 10.2. The summed E-state index contributed by atoms with van der Waals surface area (Å²) in [5.41, 5.74) is 0.658. The van der Waals surface area contributed by atoms with Gasteiger partial charge in [-0.3, -0.25) is 9.13 Å². The molecule has 0 aliphatic carbocycles. The van der Waals surface area contributed by atoms with E-state index in [1.807, 2.05) is 0 Å². The Balaban J connectivity index is 4.18. The Bertz CT molecular complexity index is 317. The molecule has 0 aliphatic heterocycles. The standard InChI is InChI=1S/C7H16O6P2/c1-7(5-8)3-2-4-14(9,10)6-15(11,12)13/h3,8H,2,4-6H2,1H3,(H,9,10)(H2,11,12,13). The maximum atomic E-state index is 11.3. The maximum absolute atomic E-state index is 11.3. The van der Waals surface area contributed by atoms with Crippen LogP contribution in [0.15, 0.2) is 11.6 Å². The van der Waals surface area contributed by atoms with Crippen LogP contribution in [0.3, 0.4) is 0 Å². The van der Waals surface area contributed by atoms with Crippen molar-refractivity contribution < 1.29 is 28.9 Å². The quantitative estimate of drug-likeness (QED) is 0.412. The van der Waals surface area contributed by atoms with Crippen molar-refractivity contribution in [1.29, 1.82) is 0 Å². The molecule has 0 aromatic heterocycles. The third kappa shape index (κ3) is 9.00. The number of hydrogen-bond donors (Lipinski definition) is 4. The molecule has 0 fully saturated rings. The first kappa shape index (κ1) is 15.0. The Labute approximate surface area is 88.3 Å². The number of aliphatic hydroxyl groups excluding tert-OH is 1. The molecule has 8 heteroatoms. The number of hydrogen-bond acceptors (Lipinski definition) is 3. The number of rotatable bonds is 6. The molecule has 15 heavy (non-hydrogen) atoms. The first-order valence-electron chi connectivity index (χ1n) is 4.28. The monoisotopic (exact) mass is 258 g/mol. The van der Waals surface area contributed by atoms with Gasteiger partial charge in [0.05, 0.1) is 6.61 Å². The van der Waals surface area contributed by atoms with Gasteiger partial charge >= 0.3 is 7.60 Å². The zero-order chi connectivity index (χ0) is 12.1. The molecule has 0 saturated heterocycles. The summed E-state index contributed by atoms with van der Waals surface area (Å²) in [6.45, 7) is 1.53. The average Bonchev–Trinajstić information content (AvgIpc) is 1.98. The molecule has 0 saturated carbocycles. The van der Waals surface area contributed by atoms with Crippen LogP contribution in [0.5, 0.6) is 0 Å². The van der Waals surface area contributed by atoms with Gasteiger partial charge in [0.15, 0.2) is 0 Å². The van der Waals surface area contributed by atoms with Gasteiger partial charge in [-0.05, 0) is 13.3 Å². The minimum absolute atomic E-state index is 0.131. The van der Waals surface area contributed by atoms with Crippen LogP contribution in [0.25, 0.3) is 0 Å². The highest BCUT2D eigenvalue weighted by Crippen LogP contribution is 2.54. The molecule has 0 aromatic carbocycles. The molecule has 1 unspecified atom stereocenters. The van der Waals surface area contributed by atoms with E-state index in [4.69, 9.17) is 14.9 Å². The molecule has 0 rings (SSSR count). The second-order valence-corrected chi connectivity index (χ2v) is 7.97. The fraction of sp³-hybridized carbons (Fsp3) is 0.714. The van der Waals surface area contributed by atoms with E-state index in [-0.39, 0.29) is 19.2 Å². The second-order valence-electron chi connectivity index (χ2n) is 3.37. The summed E-state index contributed by atoms with van der Waals surface area (Å²) in [5, 5.41) is 8.63. The zero-order valence-electron chi connectivity index (χ0n) is 8.41. The molecule has 0 heterocycles. The normalized spacial score (nSPS) is 17.5. The van der Waals surface area contributed by atoms with Crippen LogP contribution in [-0.2, 0) is 9.13 Å². The smallest absolute Gasteiger partial charge is 0.335 e. The van der Waals surface area contributed by atoms with E-state index in [2.05, 4.69) is 0 Å². The molecule has 0 aromatic rings. The lowest BCUT2D eigenvalue weighted by Gasteiger charge is -2.11. The van der Waals surface area contributed by atoms with Gasteiger partial charge in [0.2, 0.25) is 7.37 Å². The van der Waals surface area contributed by atoms with Crippen LogP contribution in [0, 0.1) is 0 Å². The third-order valence-corrected chi connectivity index (χ3v) is 5.82. The van der Waals surface area contributed by atoms with Gasteiger partial charge in [0, 0.05) is 6.16 Å². The molecule has 6 nitrogen and oxygen atoms in total. The van der Waals surface area contributed by atoms with Crippen LogP contribution in [0.1, 0.15) is 13.3 Å². The fourth-order valence-corrected chi connectivity index (χ4v) is 4.34. The van der Waals surface area contributed by atoms with Crippen molar-refractivity contribution in [3.63, 3.8) is 0 Å². The largest absolute Gasteiger partial charge is 0.392 e. The van der Waals surface area contributed by atoms with Gasteiger partial charge < -0.3 is 19.8 Å². The van der Waals surface area contributed by atoms with Gasteiger partial charge in [-0.25, -0.2) is 0 Å². The lowest BCUT2D eigenvalue weighted by atomic mass is 10.3.